The second-order valence-electron chi connectivity index (χ2n) is 4.25. The van der Waals surface area contributed by atoms with Crippen molar-refractivity contribution >= 4 is 23.8 Å². The molecule has 102 valence electrons. The van der Waals surface area contributed by atoms with Crippen LogP contribution < -0.4 is 14.9 Å². The van der Waals surface area contributed by atoms with Crippen LogP contribution in [0.2, 0.25) is 0 Å². The summed E-state index contributed by atoms with van der Waals surface area (Å²) in [6.45, 7) is 5.08. The Hall–Kier alpha value is -1.37. The molecule has 0 atom stereocenters. The van der Waals surface area contributed by atoms with Crippen molar-refractivity contribution in [2.24, 2.45) is 0 Å². The van der Waals surface area contributed by atoms with Crippen molar-refractivity contribution in [2.45, 2.75) is 19.8 Å². The summed E-state index contributed by atoms with van der Waals surface area (Å²) in [7, 11) is 3.60. The number of carbonyl (C=O) groups is 1. The lowest BCUT2D eigenvalue weighted by Crippen LogP contribution is -2.29. The van der Waals surface area contributed by atoms with Crippen molar-refractivity contribution in [3.05, 3.63) is 12.0 Å². The van der Waals surface area contributed by atoms with E-state index in [4.69, 9.17) is 0 Å². The van der Waals surface area contributed by atoms with Gasteiger partial charge in [-0.1, -0.05) is 13.8 Å². The molecule has 3 N–H and O–H groups in total. The van der Waals surface area contributed by atoms with Crippen molar-refractivity contribution in [3.8, 4) is 0 Å². The number of rotatable bonds is 6. The summed E-state index contributed by atoms with van der Waals surface area (Å²) in [4.78, 5) is 20.5. The molecule has 7 heteroatoms. The maximum Gasteiger partial charge on any atom is 0.324 e. The van der Waals surface area contributed by atoms with Gasteiger partial charge in [0.15, 0.2) is 0 Å². The van der Waals surface area contributed by atoms with E-state index in [-0.39, 0.29) is 6.03 Å². The number of imidazole rings is 1. The Bertz CT molecular complexity index is 379. The van der Waals surface area contributed by atoms with E-state index < -0.39 is 0 Å². The van der Waals surface area contributed by atoms with Crippen LogP contribution in [0.25, 0.3) is 0 Å². The van der Waals surface area contributed by atoms with Gasteiger partial charge in [0.25, 0.3) is 0 Å². The predicted molar refractivity (Wildman–Crippen MR) is 76.0 cm³/mol. The Morgan fingerprint density at radius 3 is 2.94 bits per heavy atom. The highest BCUT2D eigenvalue weighted by molar-refractivity contribution is 7.97. The van der Waals surface area contributed by atoms with Crippen molar-refractivity contribution in [2.75, 3.05) is 31.3 Å². The minimum atomic E-state index is -0.176. The van der Waals surface area contributed by atoms with E-state index in [1.807, 2.05) is 7.05 Å². The van der Waals surface area contributed by atoms with Crippen LogP contribution in [-0.4, -0.2) is 42.4 Å². The molecule has 0 spiro atoms. The average molecular weight is 271 g/mol. The van der Waals surface area contributed by atoms with Gasteiger partial charge in [0.1, 0.15) is 5.82 Å². The van der Waals surface area contributed by atoms with E-state index in [9.17, 15) is 4.79 Å². The molecule has 0 fully saturated rings. The van der Waals surface area contributed by atoms with Crippen LogP contribution in [0.5, 0.6) is 0 Å². The van der Waals surface area contributed by atoms with E-state index in [0.717, 1.165) is 23.8 Å². The third-order valence-corrected chi connectivity index (χ3v) is 3.22. The van der Waals surface area contributed by atoms with Gasteiger partial charge in [-0.3, -0.25) is 4.72 Å². The summed E-state index contributed by atoms with van der Waals surface area (Å²) in [6.07, 6.45) is 1.72. The number of aromatic nitrogens is 2. The first kappa shape index (κ1) is 14.7. The molecule has 0 unspecified atom stereocenters. The number of urea groups is 1. The summed E-state index contributed by atoms with van der Waals surface area (Å²) in [5, 5.41) is 2.50. The van der Waals surface area contributed by atoms with Crippen LogP contribution in [-0.2, 0) is 0 Å². The fourth-order valence-corrected chi connectivity index (χ4v) is 2.18. The molecule has 0 aliphatic heterocycles. The third kappa shape index (κ3) is 4.14. The lowest BCUT2D eigenvalue weighted by atomic mass is 10.1. The molecule has 1 heterocycles. The highest BCUT2D eigenvalue weighted by atomic mass is 32.2. The highest BCUT2D eigenvalue weighted by Gasteiger charge is 2.13. The van der Waals surface area contributed by atoms with Gasteiger partial charge in [0.05, 0.1) is 12.0 Å². The fourth-order valence-electron chi connectivity index (χ4n) is 1.48. The average Bonchev–Trinajstić information content (AvgIpc) is 2.83. The Kier molecular flexibility index (Phi) is 5.84. The number of amides is 2. The van der Waals surface area contributed by atoms with Gasteiger partial charge in [0, 0.05) is 26.4 Å². The van der Waals surface area contributed by atoms with Crippen LogP contribution >= 0.6 is 11.9 Å². The summed E-state index contributed by atoms with van der Waals surface area (Å²) in [5.74, 6) is 2.20. The van der Waals surface area contributed by atoms with Gasteiger partial charge in [-0.2, -0.15) is 0 Å². The summed E-state index contributed by atoms with van der Waals surface area (Å²) >= 11 is 1.38. The number of hydrogen-bond donors (Lipinski definition) is 3. The maximum atomic E-state index is 11.0. The minimum Gasteiger partial charge on any atom is -0.357 e. The van der Waals surface area contributed by atoms with E-state index in [0.29, 0.717) is 5.92 Å². The molecule has 1 rings (SSSR count). The van der Waals surface area contributed by atoms with Crippen LogP contribution in [0.3, 0.4) is 0 Å². The topological polar surface area (TPSA) is 73.1 Å². The van der Waals surface area contributed by atoms with E-state index in [2.05, 4.69) is 38.8 Å². The number of nitrogens with zero attached hydrogens (tertiary/aromatic N) is 2. The highest BCUT2D eigenvalue weighted by Crippen LogP contribution is 2.22. The van der Waals surface area contributed by atoms with Gasteiger partial charge in [-0.15, -0.1) is 0 Å². The quantitative estimate of drug-likeness (QED) is 0.542. The molecule has 0 aromatic carbocycles. The number of aromatic amines is 1. The zero-order valence-electron chi connectivity index (χ0n) is 11.3. The van der Waals surface area contributed by atoms with Gasteiger partial charge < -0.3 is 15.2 Å². The molecule has 0 saturated heterocycles. The maximum absolute atomic E-state index is 11.0. The number of H-pyrrole nitrogens is 1. The molecular weight excluding hydrogens is 250 g/mol. The molecule has 0 saturated carbocycles. The van der Waals surface area contributed by atoms with Crippen molar-refractivity contribution in [3.63, 3.8) is 0 Å². The molecular formula is C11H21N5OS. The molecule has 0 aliphatic carbocycles. The summed E-state index contributed by atoms with van der Waals surface area (Å²) in [5.41, 5.74) is 1.14. The molecule has 2 amide bonds. The number of carbonyl (C=O) groups excluding carboxylic acids is 1. The monoisotopic (exact) mass is 271 g/mol. The van der Waals surface area contributed by atoms with Crippen LogP contribution in [0.1, 0.15) is 25.5 Å². The molecule has 1 aromatic heterocycles. The van der Waals surface area contributed by atoms with Gasteiger partial charge >= 0.3 is 6.03 Å². The lowest BCUT2D eigenvalue weighted by Gasteiger charge is -2.19. The second-order valence-corrected chi connectivity index (χ2v) is 5.15. The standard InChI is InChI=1S/C11H21N5OS/c1-8(2)9-10(14-7-13-9)16(4)5-6-18-15-11(17)12-3/h7-8H,5-6H2,1-4H3,(H,13,14)(H2,12,15,17). The fraction of sp³-hybridized carbons (Fsp3) is 0.636. The second kappa shape index (κ2) is 7.15. The lowest BCUT2D eigenvalue weighted by molar-refractivity contribution is 0.248. The molecule has 0 aliphatic rings. The van der Waals surface area contributed by atoms with E-state index in [1.54, 1.807) is 13.4 Å². The normalized spacial score (nSPS) is 10.5. The Balaban J connectivity index is 2.38. The smallest absolute Gasteiger partial charge is 0.324 e. The zero-order valence-corrected chi connectivity index (χ0v) is 12.1. The first-order valence-corrected chi connectivity index (χ1v) is 6.88. The van der Waals surface area contributed by atoms with Crippen molar-refractivity contribution in [1.82, 2.24) is 20.0 Å². The van der Waals surface area contributed by atoms with Crippen LogP contribution in [0.15, 0.2) is 6.33 Å². The van der Waals surface area contributed by atoms with Crippen molar-refractivity contribution < 1.29 is 4.79 Å². The molecule has 0 radical (unpaired) electrons. The molecule has 6 nitrogen and oxygen atoms in total. The number of hydrogen-bond acceptors (Lipinski definition) is 4. The molecule has 18 heavy (non-hydrogen) atoms. The number of nitrogens with one attached hydrogen (secondary N) is 3. The van der Waals surface area contributed by atoms with Crippen molar-refractivity contribution in [1.29, 1.82) is 0 Å². The van der Waals surface area contributed by atoms with Crippen LogP contribution in [0, 0.1) is 0 Å². The number of anilines is 1. The Morgan fingerprint density at radius 1 is 1.61 bits per heavy atom. The van der Waals surface area contributed by atoms with E-state index in [1.165, 1.54) is 11.9 Å². The van der Waals surface area contributed by atoms with Gasteiger partial charge in [-0.25, -0.2) is 9.78 Å². The largest absolute Gasteiger partial charge is 0.357 e. The Morgan fingerprint density at radius 2 is 2.33 bits per heavy atom. The summed E-state index contributed by atoms with van der Waals surface area (Å²) in [6, 6.07) is -0.176. The Labute approximate surface area is 112 Å². The molecule has 1 aromatic rings. The third-order valence-electron chi connectivity index (χ3n) is 2.51. The molecule has 0 bridgehead atoms. The van der Waals surface area contributed by atoms with Gasteiger partial charge in [0.2, 0.25) is 0 Å². The van der Waals surface area contributed by atoms with Crippen LogP contribution in [0.4, 0.5) is 10.6 Å². The van der Waals surface area contributed by atoms with E-state index >= 15 is 0 Å². The summed E-state index contributed by atoms with van der Waals surface area (Å²) < 4.78 is 2.68. The first-order chi connectivity index (χ1) is 8.56. The van der Waals surface area contributed by atoms with Gasteiger partial charge in [-0.05, 0) is 17.9 Å². The SMILES string of the molecule is CNC(=O)NSCCN(C)c1nc[nH]c1C(C)C. The minimum absolute atomic E-state index is 0.176. The zero-order chi connectivity index (χ0) is 13.5. The first-order valence-electron chi connectivity index (χ1n) is 5.90. The predicted octanol–water partition coefficient (Wildman–Crippen LogP) is 1.55.